The summed E-state index contributed by atoms with van der Waals surface area (Å²) in [6.45, 7) is 3.21. The van der Waals surface area contributed by atoms with Gasteiger partial charge in [0, 0.05) is 18.2 Å². The molecule has 0 bridgehead atoms. The number of hydrogen-bond donors (Lipinski definition) is 2. The Labute approximate surface area is 109 Å². The van der Waals surface area contributed by atoms with E-state index in [2.05, 4.69) is 12.2 Å². The quantitative estimate of drug-likeness (QED) is 0.857. The van der Waals surface area contributed by atoms with Crippen LogP contribution in [0.5, 0.6) is 0 Å². The maximum Gasteiger partial charge on any atom is 0.248 e. The molecule has 3 nitrogen and oxygen atoms in total. The van der Waals surface area contributed by atoms with Gasteiger partial charge in [-0.25, -0.2) is 0 Å². The summed E-state index contributed by atoms with van der Waals surface area (Å²) in [5.41, 5.74) is 6.99. The summed E-state index contributed by atoms with van der Waals surface area (Å²) in [4.78, 5) is 11.0. The van der Waals surface area contributed by atoms with Gasteiger partial charge in [-0.05, 0) is 49.3 Å². The van der Waals surface area contributed by atoms with Crippen LogP contribution in [-0.2, 0) is 6.54 Å². The zero-order valence-corrected chi connectivity index (χ0v) is 11.0. The van der Waals surface area contributed by atoms with Crippen molar-refractivity contribution in [2.45, 2.75) is 45.2 Å². The molecule has 0 aromatic heterocycles. The lowest BCUT2D eigenvalue weighted by atomic mass is 9.87. The molecule has 0 aliphatic heterocycles. The van der Waals surface area contributed by atoms with Crippen LogP contribution in [0.4, 0.5) is 0 Å². The molecule has 0 heterocycles. The first-order chi connectivity index (χ1) is 8.65. The molecule has 0 spiro atoms. The minimum Gasteiger partial charge on any atom is -0.366 e. The Bertz CT molecular complexity index is 391. The van der Waals surface area contributed by atoms with E-state index in [1.807, 2.05) is 12.1 Å². The largest absolute Gasteiger partial charge is 0.366 e. The first-order valence-corrected chi connectivity index (χ1v) is 6.77. The summed E-state index contributed by atoms with van der Waals surface area (Å²) in [7, 11) is 0. The van der Waals surface area contributed by atoms with Gasteiger partial charge < -0.3 is 11.1 Å². The number of rotatable bonds is 4. The molecule has 3 heteroatoms. The van der Waals surface area contributed by atoms with Crippen molar-refractivity contribution in [2.75, 3.05) is 0 Å². The number of nitrogens with two attached hydrogens (primary N) is 1. The molecule has 0 atom stereocenters. The molecule has 1 aromatic carbocycles. The van der Waals surface area contributed by atoms with Crippen molar-refractivity contribution >= 4 is 5.91 Å². The fourth-order valence-electron chi connectivity index (χ4n) is 2.51. The van der Waals surface area contributed by atoms with Crippen molar-refractivity contribution in [1.29, 1.82) is 0 Å². The minimum atomic E-state index is -0.365. The molecule has 0 saturated heterocycles. The summed E-state index contributed by atoms with van der Waals surface area (Å²) in [5, 5.41) is 3.59. The molecular weight excluding hydrogens is 224 g/mol. The van der Waals surface area contributed by atoms with E-state index in [9.17, 15) is 4.79 Å². The smallest absolute Gasteiger partial charge is 0.248 e. The predicted octanol–water partition coefficient (Wildman–Crippen LogP) is 2.45. The van der Waals surface area contributed by atoms with E-state index in [-0.39, 0.29) is 5.91 Å². The van der Waals surface area contributed by atoms with Gasteiger partial charge in [-0.3, -0.25) is 4.79 Å². The molecule has 0 unspecified atom stereocenters. The lowest BCUT2D eigenvalue weighted by Gasteiger charge is -2.27. The van der Waals surface area contributed by atoms with Crippen molar-refractivity contribution in [3.8, 4) is 0 Å². The maximum absolute atomic E-state index is 11.0. The van der Waals surface area contributed by atoms with Crippen molar-refractivity contribution in [3.63, 3.8) is 0 Å². The number of carbonyl (C=O) groups is 1. The molecule has 1 fully saturated rings. The van der Waals surface area contributed by atoms with Crippen LogP contribution in [-0.4, -0.2) is 11.9 Å². The monoisotopic (exact) mass is 246 g/mol. The number of nitrogens with one attached hydrogen (secondary N) is 1. The van der Waals surface area contributed by atoms with E-state index in [1.165, 1.54) is 31.2 Å². The molecule has 1 saturated carbocycles. The van der Waals surface area contributed by atoms with E-state index in [4.69, 9.17) is 5.73 Å². The number of hydrogen-bond acceptors (Lipinski definition) is 2. The van der Waals surface area contributed by atoms with Crippen LogP contribution in [0.3, 0.4) is 0 Å². The highest BCUT2D eigenvalue weighted by molar-refractivity contribution is 5.92. The first-order valence-electron chi connectivity index (χ1n) is 6.77. The van der Waals surface area contributed by atoms with Gasteiger partial charge in [-0.2, -0.15) is 0 Å². The minimum absolute atomic E-state index is 0.365. The Kier molecular flexibility index (Phi) is 4.37. The highest BCUT2D eigenvalue weighted by Crippen LogP contribution is 2.23. The third kappa shape index (κ3) is 3.57. The molecule has 1 aliphatic carbocycles. The second-order valence-corrected chi connectivity index (χ2v) is 5.40. The van der Waals surface area contributed by atoms with E-state index in [0.29, 0.717) is 11.6 Å². The SMILES string of the molecule is CC1CCC(NCc2ccc(C(N)=O)cc2)CC1. The van der Waals surface area contributed by atoms with Crippen LogP contribution in [0.1, 0.15) is 48.5 Å². The Hall–Kier alpha value is -1.35. The van der Waals surface area contributed by atoms with Crippen molar-refractivity contribution in [3.05, 3.63) is 35.4 Å². The standard InChI is InChI=1S/C15H22N2O/c1-11-2-8-14(9-3-11)17-10-12-4-6-13(7-5-12)15(16)18/h4-7,11,14,17H,2-3,8-10H2,1H3,(H2,16,18). The molecule has 3 N–H and O–H groups in total. The van der Waals surface area contributed by atoms with Crippen molar-refractivity contribution < 1.29 is 4.79 Å². The van der Waals surface area contributed by atoms with Crippen molar-refractivity contribution in [2.24, 2.45) is 11.7 Å². The van der Waals surface area contributed by atoms with Gasteiger partial charge >= 0.3 is 0 Å². The fraction of sp³-hybridized carbons (Fsp3) is 0.533. The summed E-state index contributed by atoms with van der Waals surface area (Å²) in [6.07, 6.45) is 5.22. The third-order valence-electron chi connectivity index (χ3n) is 3.85. The molecule has 0 radical (unpaired) electrons. The van der Waals surface area contributed by atoms with Crippen LogP contribution >= 0.6 is 0 Å². The fourth-order valence-corrected chi connectivity index (χ4v) is 2.51. The van der Waals surface area contributed by atoms with Gasteiger partial charge in [0.1, 0.15) is 0 Å². The van der Waals surface area contributed by atoms with E-state index >= 15 is 0 Å². The van der Waals surface area contributed by atoms with Crippen molar-refractivity contribution in [1.82, 2.24) is 5.32 Å². The van der Waals surface area contributed by atoms with Gasteiger partial charge in [0.05, 0.1) is 0 Å². The van der Waals surface area contributed by atoms with Crippen LogP contribution in [0, 0.1) is 5.92 Å². The van der Waals surface area contributed by atoms with Crippen LogP contribution in [0.25, 0.3) is 0 Å². The Morgan fingerprint density at radius 1 is 1.22 bits per heavy atom. The average Bonchev–Trinajstić information content (AvgIpc) is 2.38. The Morgan fingerprint density at radius 2 is 1.83 bits per heavy atom. The second-order valence-electron chi connectivity index (χ2n) is 5.40. The molecule has 2 rings (SSSR count). The molecule has 1 aromatic rings. The summed E-state index contributed by atoms with van der Waals surface area (Å²) >= 11 is 0. The number of primary amides is 1. The normalized spacial score (nSPS) is 23.8. The van der Waals surface area contributed by atoms with Gasteiger partial charge in [0.15, 0.2) is 0 Å². The highest BCUT2D eigenvalue weighted by Gasteiger charge is 2.17. The topological polar surface area (TPSA) is 55.1 Å². The zero-order valence-electron chi connectivity index (χ0n) is 11.0. The second kappa shape index (κ2) is 6.01. The Morgan fingerprint density at radius 3 is 2.39 bits per heavy atom. The average molecular weight is 246 g/mol. The van der Waals surface area contributed by atoms with Gasteiger partial charge in [-0.1, -0.05) is 19.1 Å². The molecule has 98 valence electrons. The van der Waals surface area contributed by atoms with E-state index < -0.39 is 0 Å². The van der Waals surface area contributed by atoms with Crippen LogP contribution < -0.4 is 11.1 Å². The molecule has 1 aliphatic rings. The summed E-state index contributed by atoms with van der Waals surface area (Å²) < 4.78 is 0. The Balaban J connectivity index is 1.81. The molecule has 1 amide bonds. The maximum atomic E-state index is 11.0. The first kappa shape index (κ1) is 13.1. The van der Waals surface area contributed by atoms with Gasteiger partial charge in [0.25, 0.3) is 0 Å². The van der Waals surface area contributed by atoms with E-state index in [0.717, 1.165) is 12.5 Å². The number of benzene rings is 1. The molecule has 18 heavy (non-hydrogen) atoms. The number of amides is 1. The van der Waals surface area contributed by atoms with Crippen LogP contribution in [0.15, 0.2) is 24.3 Å². The van der Waals surface area contributed by atoms with Crippen LogP contribution in [0.2, 0.25) is 0 Å². The van der Waals surface area contributed by atoms with E-state index in [1.54, 1.807) is 12.1 Å². The molecular formula is C15H22N2O. The lowest BCUT2D eigenvalue weighted by Crippen LogP contribution is -2.32. The van der Waals surface area contributed by atoms with Gasteiger partial charge in [0.2, 0.25) is 5.91 Å². The number of carbonyl (C=O) groups excluding carboxylic acids is 1. The van der Waals surface area contributed by atoms with Gasteiger partial charge in [-0.15, -0.1) is 0 Å². The summed E-state index contributed by atoms with van der Waals surface area (Å²) in [5.74, 6) is 0.522. The lowest BCUT2D eigenvalue weighted by molar-refractivity contribution is 0.100. The predicted molar refractivity (Wildman–Crippen MR) is 73.2 cm³/mol. The third-order valence-corrected chi connectivity index (χ3v) is 3.85. The zero-order chi connectivity index (χ0) is 13.0. The summed E-state index contributed by atoms with van der Waals surface area (Å²) in [6, 6.07) is 8.18. The highest BCUT2D eigenvalue weighted by atomic mass is 16.1.